The average molecular weight is 469 g/mol. The number of methoxy groups -OCH3 is 2. The zero-order chi connectivity index (χ0) is 23.4. The summed E-state index contributed by atoms with van der Waals surface area (Å²) in [5.74, 6) is 0.691. The zero-order valence-electron chi connectivity index (χ0n) is 18.2. The predicted molar refractivity (Wildman–Crippen MR) is 123 cm³/mol. The summed E-state index contributed by atoms with van der Waals surface area (Å²) >= 11 is 1.37. The van der Waals surface area contributed by atoms with Gasteiger partial charge in [-0.2, -0.15) is 9.78 Å². The van der Waals surface area contributed by atoms with Gasteiger partial charge >= 0.3 is 0 Å². The molecule has 0 bridgehead atoms. The molecule has 0 saturated heterocycles. The number of aromatic nitrogens is 3. The Bertz CT molecular complexity index is 1290. The third kappa shape index (κ3) is 4.96. The molecule has 1 amide bonds. The zero-order valence-corrected chi connectivity index (χ0v) is 19.0. The second-order valence-electron chi connectivity index (χ2n) is 6.94. The number of nitrogens with zero attached hydrogens (tertiary/aromatic N) is 3. The lowest BCUT2D eigenvalue weighted by atomic mass is 10.1. The molecule has 2 heterocycles. The molecule has 0 atom stereocenters. The second-order valence-corrected chi connectivity index (χ2v) is 7.77. The fourth-order valence-electron chi connectivity index (χ4n) is 3.11. The number of para-hydroxylation sites is 1. The van der Waals surface area contributed by atoms with Crippen molar-refractivity contribution in [2.75, 3.05) is 26.1 Å². The van der Waals surface area contributed by atoms with Crippen LogP contribution < -0.4 is 19.5 Å². The lowest BCUT2D eigenvalue weighted by Crippen LogP contribution is -2.22. The molecule has 0 aliphatic carbocycles. The first-order valence-corrected chi connectivity index (χ1v) is 10.8. The first kappa shape index (κ1) is 22.3. The predicted octanol–water partition coefficient (Wildman–Crippen LogP) is 4.48. The highest BCUT2D eigenvalue weighted by Gasteiger charge is 2.16. The fraction of sp³-hybridized carbons (Fsp3) is 0.174. The molecule has 0 radical (unpaired) electrons. The van der Waals surface area contributed by atoms with E-state index < -0.39 is 11.7 Å². The maximum Gasteiger partial charge on any atom is 0.263 e. The van der Waals surface area contributed by atoms with Gasteiger partial charge < -0.3 is 19.5 Å². The van der Waals surface area contributed by atoms with Crippen molar-refractivity contribution < 1.29 is 23.4 Å². The number of aryl methyl sites for hydroxylation is 1. The van der Waals surface area contributed by atoms with Gasteiger partial charge in [-0.05, 0) is 37.3 Å². The second kappa shape index (κ2) is 9.70. The number of nitrogens with one attached hydrogen (secondary N) is 1. The van der Waals surface area contributed by atoms with Crippen molar-refractivity contribution in [2.24, 2.45) is 0 Å². The van der Waals surface area contributed by atoms with Crippen LogP contribution in [0.1, 0.15) is 5.69 Å². The van der Waals surface area contributed by atoms with Crippen molar-refractivity contribution >= 4 is 23.1 Å². The molecule has 8 nitrogen and oxygen atoms in total. The van der Waals surface area contributed by atoms with E-state index in [9.17, 15) is 9.18 Å². The number of benzene rings is 2. The summed E-state index contributed by atoms with van der Waals surface area (Å²) in [6, 6.07) is 13.2. The van der Waals surface area contributed by atoms with Crippen molar-refractivity contribution in [3.63, 3.8) is 0 Å². The SMILES string of the molecule is COc1ccc(-c2csc(-n3nc(C)cc3NC(=O)COc3ccccc3F)n2)cc1OC. The maximum atomic E-state index is 13.7. The maximum absolute atomic E-state index is 13.7. The van der Waals surface area contributed by atoms with Crippen LogP contribution in [-0.2, 0) is 4.79 Å². The Balaban J connectivity index is 1.51. The highest BCUT2D eigenvalue weighted by atomic mass is 32.1. The molecule has 33 heavy (non-hydrogen) atoms. The molecule has 0 fully saturated rings. The Labute approximate surface area is 193 Å². The monoisotopic (exact) mass is 468 g/mol. The highest BCUT2D eigenvalue weighted by molar-refractivity contribution is 7.12. The first-order chi connectivity index (χ1) is 16.0. The van der Waals surface area contributed by atoms with Gasteiger partial charge in [-0.25, -0.2) is 9.37 Å². The van der Waals surface area contributed by atoms with E-state index in [2.05, 4.69) is 15.4 Å². The van der Waals surface area contributed by atoms with E-state index in [1.165, 1.54) is 23.5 Å². The average Bonchev–Trinajstić information content (AvgIpc) is 3.44. The Kier molecular flexibility index (Phi) is 6.55. The van der Waals surface area contributed by atoms with Crippen LogP contribution in [0.5, 0.6) is 17.2 Å². The van der Waals surface area contributed by atoms with Crippen LogP contribution in [0.25, 0.3) is 16.4 Å². The topological polar surface area (TPSA) is 87.5 Å². The summed E-state index contributed by atoms with van der Waals surface area (Å²) in [5.41, 5.74) is 2.27. The van der Waals surface area contributed by atoms with Crippen molar-refractivity contribution in [1.82, 2.24) is 14.8 Å². The van der Waals surface area contributed by atoms with Crippen molar-refractivity contribution in [3.8, 4) is 33.6 Å². The molecule has 0 unspecified atom stereocenters. The fourth-order valence-corrected chi connectivity index (χ4v) is 3.90. The number of carbonyl (C=O) groups is 1. The van der Waals surface area contributed by atoms with Crippen molar-refractivity contribution in [2.45, 2.75) is 6.92 Å². The minimum Gasteiger partial charge on any atom is -0.493 e. The molecule has 0 aliphatic rings. The van der Waals surface area contributed by atoms with Crippen LogP contribution in [-0.4, -0.2) is 41.5 Å². The quantitative estimate of drug-likeness (QED) is 0.410. The lowest BCUT2D eigenvalue weighted by Gasteiger charge is -2.09. The third-order valence-electron chi connectivity index (χ3n) is 4.65. The molecule has 0 saturated carbocycles. The van der Waals surface area contributed by atoms with Crippen LogP contribution in [0.2, 0.25) is 0 Å². The van der Waals surface area contributed by atoms with E-state index in [-0.39, 0.29) is 12.4 Å². The van der Waals surface area contributed by atoms with E-state index in [4.69, 9.17) is 14.2 Å². The van der Waals surface area contributed by atoms with Gasteiger partial charge in [-0.3, -0.25) is 4.79 Å². The van der Waals surface area contributed by atoms with Gasteiger partial charge in [0.25, 0.3) is 5.91 Å². The molecule has 4 rings (SSSR count). The van der Waals surface area contributed by atoms with Gasteiger partial charge in [0.1, 0.15) is 5.82 Å². The number of hydrogen-bond donors (Lipinski definition) is 1. The molecule has 2 aromatic heterocycles. The number of carbonyl (C=O) groups excluding carboxylic acids is 1. The number of ether oxygens (including phenoxy) is 3. The molecular weight excluding hydrogens is 447 g/mol. The molecule has 1 N–H and O–H groups in total. The van der Waals surface area contributed by atoms with E-state index in [1.54, 1.807) is 37.1 Å². The smallest absolute Gasteiger partial charge is 0.263 e. The molecule has 0 spiro atoms. The van der Waals surface area contributed by atoms with E-state index >= 15 is 0 Å². The van der Waals surface area contributed by atoms with Crippen LogP contribution in [0, 0.1) is 12.7 Å². The number of hydrogen-bond acceptors (Lipinski definition) is 7. The summed E-state index contributed by atoms with van der Waals surface area (Å²) in [5, 5.41) is 9.64. The number of thiazole rings is 1. The summed E-state index contributed by atoms with van der Waals surface area (Å²) < 4.78 is 31.2. The summed E-state index contributed by atoms with van der Waals surface area (Å²) in [6.45, 7) is 1.46. The molecule has 2 aromatic carbocycles. The van der Waals surface area contributed by atoms with Crippen molar-refractivity contribution in [3.05, 3.63) is 65.4 Å². The highest BCUT2D eigenvalue weighted by Crippen LogP contribution is 2.33. The lowest BCUT2D eigenvalue weighted by molar-refractivity contribution is -0.118. The van der Waals surface area contributed by atoms with Crippen LogP contribution in [0.15, 0.2) is 53.9 Å². The Morgan fingerprint density at radius 3 is 2.64 bits per heavy atom. The van der Waals surface area contributed by atoms with Gasteiger partial charge in [0, 0.05) is 17.0 Å². The van der Waals surface area contributed by atoms with Crippen LogP contribution in [0.3, 0.4) is 0 Å². The molecular formula is C23H21FN4O4S. The number of anilines is 1. The van der Waals surface area contributed by atoms with E-state index in [0.717, 1.165) is 11.3 Å². The molecule has 0 aliphatic heterocycles. The van der Waals surface area contributed by atoms with Crippen LogP contribution >= 0.6 is 11.3 Å². The standard InChI is InChI=1S/C23H21FN4O4S/c1-14-10-21(26-22(29)12-32-18-7-5-4-6-16(18)24)28(27-14)23-25-17(13-33-23)15-8-9-19(30-2)20(11-15)31-3/h4-11,13H,12H2,1-3H3,(H,26,29). The Morgan fingerprint density at radius 2 is 1.88 bits per heavy atom. The first-order valence-electron chi connectivity index (χ1n) is 9.90. The van der Waals surface area contributed by atoms with Gasteiger partial charge in [0.15, 0.2) is 29.7 Å². The summed E-state index contributed by atoms with van der Waals surface area (Å²) in [6.07, 6.45) is 0. The van der Waals surface area contributed by atoms with Crippen molar-refractivity contribution in [1.29, 1.82) is 0 Å². The minimum atomic E-state index is -0.531. The molecule has 4 aromatic rings. The Hall–Kier alpha value is -3.92. The summed E-state index contributed by atoms with van der Waals surface area (Å²) in [4.78, 5) is 17.1. The van der Waals surface area contributed by atoms with Gasteiger partial charge in [-0.15, -0.1) is 11.3 Å². The number of amides is 1. The summed E-state index contributed by atoms with van der Waals surface area (Å²) in [7, 11) is 3.15. The van der Waals surface area contributed by atoms with Gasteiger partial charge in [0.05, 0.1) is 25.6 Å². The number of rotatable bonds is 8. The minimum absolute atomic E-state index is 0.0109. The van der Waals surface area contributed by atoms with E-state index in [0.29, 0.717) is 28.1 Å². The molecule has 170 valence electrons. The Morgan fingerprint density at radius 1 is 1.09 bits per heavy atom. The van der Waals surface area contributed by atoms with Gasteiger partial charge in [-0.1, -0.05) is 12.1 Å². The molecule has 10 heteroatoms. The van der Waals surface area contributed by atoms with Gasteiger partial charge in [0.2, 0.25) is 5.13 Å². The van der Waals surface area contributed by atoms with Crippen LogP contribution in [0.4, 0.5) is 10.2 Å². The normalized spacial score (nSPS) is 10.7. The third-order valence-corrected chi connectivity index (χ3v) is 5.46. The largest absolute Gasteiger partial charge is 0.493 e. The van der Waals surface area contributed by atoms with E-state index in [1.807, 2.05) is 30.5 Å². The number of halogens is 1.